The molecule has 0 radical (unpaired) electrons. The van der Waals surface area contributed by atoms with Gasteiger partial charge in [-0.3, -0.25) is 4.79 Å². The van der Waals surface area contributed by atoms with Crippen LogP contribution in [-0.4, -0.2) is 78.9 Å². The van der Waals surface area contributed by atoms with Crippen LogP contribution in [0.1, 0.15) is 65.8 Å². The summed E-state index contributed by atoms with van der Waals surface area (Å²) in [6, 6.07) is 15.3. The first-order valence-electron chi connectivity index (χ1n) is 16.7. The number of aromatic amines is 1. The van der Waals surface area contributed by atoms with Gasteiger partial charge in [0.25, 0.3) is 5.56 Å². The summed E-state index contributed by atoms with van der Waals surface area (Å²) < 4.78 is 5.87. The molecule has 0 aliphatic carbocycles. The summed E-state index contributed by atoms with van der Waals surface area (Å²) in [5.74, 6) is 1.41. The van der Waals surface area contributed by atoms with Gasteiger partial charge in [-0.05, 0) is 70.0 Å². The summed E-state index contributed by atoms with van der Waals surface area (Å²) >= 11 is 0. The predicted molar refractivity (Wildman–Crippen MR) is 192 cm³/mol. The number of benzene rings is 2. The first-order chi connectivity index (χ1) is 22.4. The molecule has 1 aliphatic heterocycles. The lowest BCUT2D eigenvalue weighted by molar-refractivity contribution is 0.214. The van der Waals surface area contributed by atoms with Crippen molar-refractivity contribution in [2.45, 2.75) is 71.9 Å². The van der Waals surface area contributed by atoms with Gasteiger partial charge in [-0.15, -0.1) is 0 Å². The molecule has 2 heterocycles. The second-order valence-electron chi connectivity index (χ2n) is 13.9. The number of ether oxygens (including phenoxy) is 1. The Kier molecular flexibility index (Phi) is 14.9. The van der Waals surface area contributed by atoms with E-state index >= 15 is 0 Å². The van der Waals surface area contributed by atoms with Gasteiger partial charge in [-0.2, -0.15) is 0 Å². The van der Waals surface area contributed by atoms with E-state index in [-0.39, 0.29) is 22.5 Å². The quantitative estimate of drug-likeness (QED) is 0.158. The van der Waals surface area contributed by atoms with Gasteiger partial charge in [0.1, 0.15) is 11.6 Å². The number of H-pyrrole nitrogens is 1. The van der Waals surface area contributed by atoms with Crippen LogP contribution >= 0.6 is 0 Å². The molecule has 0 atom stereocenters. The molecule has 7 N–H and O–H groups in total. The number of aromatic nitrogens is 2. The summed E-state index contributed by atoms with van der Waals surface area (Å²) in [5, 5.41) is 12.4. The van der Waals surface area contributed by atoms with Crippen molar-refractivity contribution >= 4 is 11.7 Å². The molecule has 4 rings (SSSR count). The molecule has 1 saturated heterocycles. The van der Waals surface area contributed by atoms with Crippen LogP contribution in [-0.2, 0) is 12.0 Å². The largest absolute Gasteiger partial charge is 0.491 e. The van der Waals surface area contributed by atoms with Gasteiger partial charge < -0.3 is 41.6 Å². The molecule has 1 aromatic heterocycles. The van der Waals surface area contributed by atoms with Gasteiger partial charge in [0.2, 0.25) is 0 Å². The Labute approximate surface area is 280 Å². The molecule has 0 unspecified atom stereocenters. The van der Waals surface area contributed by atoms with Crippen molar-refractivity contribution in [3.05, 3.63) is 76.5 Å². The number of nitrogens with one attached hydrogen (secondary N) is 5. The predicted octanol–water partition coefficient (Wildman–Crippen LogP) is 4.45. The third-order valence-corrected chi connectivity index (χ3v) is 7.37. The van der Waals surface area contributed by atoms with Gasteiger partial charge in [0.05, 0.1) is 17.9 Å². The van der Waals surface area contributed by atoms with Crippen molar-refractivity contribution in [2.24, 2.45) is 5.73 Å². The number of nitrogens with zero attached hydrogens (tertiary/aromatic N) is 2. The highest BCUT2D eigenvalue weighted by atomic mass is 16.5. The van der Waals surface area contributed by atoms with Crippen LogP contribution in [0.5, 0.6) is 5.75 Å². The van der Waals surface area contributed by atoms with Crippen molar-refractivity contribution in [3.8, 4) is 16.9 Å². The van der Waals surface area contributed by atoms with Crippen LogP contribution in [0, 0.1) is 0 Å². The van der Waals surface area contributed by atoms with Gasteiger partial charge >= 0.3 is 6.03 Å². The first kappa shape index (κ1) is 37.7. The SMILES string of the molecule is CC(C)(C)NC(=O)Nc1ccccc1OCCCN1CCNCC1.CC(C)(C)c1ncc(-c2ccc(CNCCCN)cc2)c(=O)[nH]1. The Morgan fingerprint density at radius 3 is 2.34 bits per heavy atom. The molecule has 0 saturated carbocycles. The number of carbonyl (C=O) groups is 1. The van der Waals surface area contributed by atoms with E-state index in [0.717, 1.165) is 64.2 Å². The van der Waals surface area contributed by atoms with Gasteiger partial charge in [-0.1, -0.05) is 57.2 Å². The van der Waals surface area contributed by atoms with E-state index in [9.17, 15) is 9.59 Å². The van der Waals surface area contributed by atoms with Crippen molar-refractivity contribution < 1.29 is 9.53 Å². The Morgan fingerprint density at radius 1 is 1.00 bits per heavy atom. The molecule has 258 valence electrons. The number of carbonyl (C=O) groups excluding carboxylic acids is 1. The number of para-hydroxylation sites is 2. The number of urea groups is 1. The Morgan fingerprint density at radius 2 is 1.70 bits per heavy atom. The van der Waals surface area contributed by atoms with Crippen LogP contribution in [0.3, 0.4) is 0 Å². The van der Waals surface area contributed by atoms with E-state index in [4.69, 9.17) is 10.5 Å². The van der Waals surface area contributed by atoms with E-state index in [1.165, 1.54) is 5.56 Å². The zero-order valence-corrected chi connectivity index (χ0v) is 29.2. The number of anilines is 1. The lowest BCUT2D eigenvalue weighted by Crippen LogP contribution is -2.44. The molecular weight excluding hydrogens is 592 g/mol. The second kappa shape index (κ2) is 18.5. The van der Waals surface area contributed by atoms with E-state index in [0.29, 0.717) is 36.0 Å². The topological polar surface area (TPSA) is 149 Å². The van der Waals surface area contributed by atoms with Crippen LogP contribution in [0.25, 0.3) is 11.1 Å². The summed E-state index contributed by atoms with van der Waals surface area (Å²) in [6.07, 6.45) is 3.61. The summed E-state index contributed by atoms with van der Waals surface area (Å²) in [6.45, 7) is 20.4. The molecule has 2 amide bonds. The molecule has 1 fully saturated rings. The molecule has 11 heteroatoms. The lowest BCUT2D eigenvalue weighted by atomic mass is 9.95. The molecule has 11 nitrogen and oxygen atoms in total. The fraction of sp³-hybridized carbons (Fsp3) is 0.528. The number of hydrogen-bond acceptors (Lipinski definition) is 8. The van der Waals surface area contributed by atoms with Crippen molar-refractivity contribution in [1.82, 2.24) is 30.8 Å². The standard InChI is InChI=1S/C18H30N4O2.C18H26N4O/c1-18(2,3)21-17(23)20-15-7-4-5-8-16(15)24-14-6-11-22-12-9-19-10-13-22;1-18(2,3)17-21-12-15(16(23)22-17)14-7-5-13(6-8-14)11-20-10-4-9-19/h4-5,7-8,19H,6,9-14H2,1-3H3,(H2,20,21,23);5-8,12,20H,4,9-11,19H2,1-3H3,(H,21,22,23). The Bertz CT molecular complexity index is 1420. The number of hydrogen-bond donors (Lipinski definition) is 6. The Balaban J connectivity index is 0.000000256. The van der Waals surface area contributed by atoms with Crippen molar-refractivity contribution in [3.63, 3.8) is 0 Å². The maximum atomic E-state index is 12.3. The average Bonchev–Trinajstić information content (AvgIpc) is 3.02. The minimum Gasteiger partial charge on any atom is -0.491 e. The molecule has 0 bridgehead atoms. The number of nitrogens with two attached hydrogens (primary N) is 1. The molecule has 1 aliphatic rings. The highest BCUT2D eigenvalue weighted by molar-refractivity contribution is 5.91. The van der Waals surface area contributed by atoms with E-state index in [1.807, 2.05) is 90.1 Å². The fourth-order valence-corrected chi connectivity index (χ4v) is 4.84. The van der Waals surface area contributed by atoms with Gasteiger partial charge in [0, 0.05) is 56.4 Å². The van der Waals surface area contributed by atoms with E-state index < -0.39 is 0 Å². The average molecular weight is 649 g/mol. The molecular formula is C36H56N8O3. The molecule has 0 spiro atoms. The number of rotatable bonds is 12. The van der Waals surface area contributed by atoms with Crippen molar-refractivity contribution in [2.75, 3.05) is 57.7 Å². The second-order valence-corrected chi connectivity index (χ2v) is 13.9. The van der Waals surface area contributed by atoms with Gasteiger partial charge in [0.15, 0.2) is 0 Å². The summed E-state index contributed by atoms with van der Waals surface area (Å²) in [7, 11) is 0. The minimum atomic E-state index is -0.275. The fourth-order valence-electron chi connectivity index (χ4n) is 4.84. The van der Waals surface area contributed by atoms with Crippen molar-refractivity contribution in [1.29, 1.82) is 0 Å². The Hall–Kier alpha value is -3.77. The lowest BCUT2D eigenvalue weighted by Gasteiger charge is -2.27. The minimum absolute atomic E-state index is 0.0984. The maximum absolute atomic E-state index is 12.3. The van der Waals surface area contributed by atoms with Crippen LogP contribution < -0.4 is 37.3 Å². The van der Waals surface area contributed by atoms with E-state index in [2.05, 4.69) is 36.1 Å². The molecule has 3 aromatic rings. The molecule has 2 aromatic carbocycles. The first-order valence-corrected chi connectivity index (χ1v) is 16.7. The zero-order chi connectivity index (χ0) is 34.3. The van der Waals surface area contributed by atoms with Gasteiger partial charge in [-0.25, -0.2) is 9.78 Å². The van der Waals surface area contributed by atoms with Crippen LogP contribution in [0.4, 0.5) is 10.5 Å². The maximum Gasteiger partial charge on any atom is 0.319 e. The number of amides is 2. The smallest absolute Gasteiger partial charge is 0.319 e. The zero-order valence-electron chi connectivity index (χ0n) is 29.2. The van der Waals surface area contributed by atoms with Crippen LogP contribution in [0.15, 0.2) is 59.5 Å². The highest BCUT2D eigenvalue weighted by Crippen LogP contribution is 2.24. The highest BCUT2D eigenvalue weighted by Gasteiger charge is 2.18. The molecule has 47 heavy (non-hydrogen) atoms. The third-order valence-electron chi connectivity index (χ3n) is 7.37. The summed E-state index contributed by atoms with van der Waals surface area (Å²) in [5.41, 5.74) is 8.28. The normalized spacial score (nSPS) is 13.8. The third kappa shape index (κ3) is 13.9. The van der Waals surface area contributed by atoms with E-state index in [1.54, 1.807) is 6.20 Å². The van der Waals surface area contributed by atoms with Crippen LogP contribution in [0.2, 0.25) is 0 Å². The summed E-state index contributed by atoms with van der Waals surface area (Å²) in [4.78, 5) is 34.1. The monoisotopic (exact) mass is 648 g/mol. The number of piperazine rings is 1.